The second-order valence-electron chi connectivity index (χ2n) is 5.39. The van der Waals surface area contributed by atoms with Crippen LogP contribution in [0.1, 0.15) is 30.3 Å². The molecule has 0 atom stereocenters. The summed E-state index contributed by atoms with van der Waals surface area (Å²) in [5.74, 6) is -2.64. The van der Waals surface area contributed by atoms with Crippen LogP contribution in [0.2, 0.25) is 0 Å². The number of rotatable bonds is 5. The number of hydrogen-bond acceptors (Lipinski definition) is 4. The molecule has 3 rings (SSSR count). The highest BCUT2D eigenvalue weighted by Gasteiger charge is 2.26. The van der Waals surface area contributed by atoms with E-state index < -0.39 is 23.0 Å². The number of halogens is 2. The first-order valence-corrected chi connectivity index (χ1v) is 7.53. The van der Waals surface area contributed by atoms with Crippen molar-refractivity contribution in [2.75, 3.05) is 6.61 Å². The van der Waals surface area contributed by atoms with Gasteiger partial charge >= 0.3 is 0 Å². The number of nitrogens with zero attached hydrogens (tertiary/aromatic N) is 2. The van der Waals surface area contributed by atoms with E-state index in [2.05, 4.69) is 10.4 Å². The van der Waals surface area contributed by atoms with E-state index in [1.807, 2.05) is 0 Å². The number of amides is 1. The highest BCUT2D eigenvalue weighted by molar-refractivity contribution is 5.92. The quantitative estimate of drug-likeness (QED) is 0.904. The van der Waals surface area contributed by atoms with Crippen molar-refractivity contribution in [3.05, 3.63) is 51.8 Å². The van der Waals surface area contributed by atoms with E-state index in [0.29, 0.717) is 0 Å². The topological polar surface area (TPSA) is 73.2 Å². The zero-order chi connectivity index (χ0) is 17.3. The molecule has 1 aromatic carbocycles. The van der Waals surface area contributed by atoms with Gasteiger partial charge in [0, 0.05) is 12.1 Å². The summed E-state index contributed by atoms with van der Waals surface area (Å²) in [6.45, 7) is 1.94. The van der Waals surface area contributed by atoms with Gasteiger partial charge in [0.15, 0.2) is 17.3 Å². The molecule has 0 bridgehead atoms. The van der Waals surface area contributed by atoms with E-state index in [1.165, 1.54) is 6.07 Å². The Kier molecular flexibility index (Phi) is 4.28. The predicted molar refractivity (Wildman–Crippen MR) is 81.4 cm³/mol. The SMILES string of the molecule is CCOc1cc(=O)c(C(=O)NC2CC2)nn1-c1ccc(F)c(F)c1. The van der Waals surface area contributed by atoms with Gasteiger partial charge < -0.3 is 10.1 Å². The summed E-state index contributed by atoms with van der Waals surface area (Å²) in [4.78, 5) is 24.2. The van der Waals surface area contributed by atoms with E-state index in [4.69, 9.17) is 4.74 Å². The average Bonchev–Trinajstić information content (AvgIpc) is 3.34. The molecule has 0 spiro atoms. The lowest BCUT2D eigenvalue weighted by Crippen LogP contribution is -2.33. The first-order chi connectivity index (χ1) is 11.5. The summed E-state index contributed by atoms with van der Waals surface area (Å²) < 4.78 is 33.1. The van der Waals surface area contributed by atoms with E-state index in [1.54, 1.807) is 6.92 Å². The summed E-state index contributed by atoms with van der Waals surface area (Å²) in [6.07, 6.45) is 1.72. The van der Waals surface area contributed by atoms with Crippen LogP contribution in [0.5, 0.6) is 5.88 Å². The second-order valence-corrected chi connectivity index (χ2v) is 5.39. The first kappa shape index (κ1) is 16.1. The van der Waals surface area contributed by atoms with E-state index in [-0.39, 0.29) is 29.9 Å². The molecule has 0 unspecified atom stereocenters. The standard InChI is InChI=1S/C16H15F2N3O3/c1-2-24-14-8-13(22)15(16(23)19-9-3-4-9)20-21(14)10-5-6-11(17)12(18)7-10/h5-9H,2-4H2,1H3,(H,19,23). The minimum absolute atomic E-state index is 0.0384. The van der Waals surface area contributed by atoms with Crippen LogP contribution in [-0.4, -0.2) is 28.3 Å². The van der Waals surface area contributed by atoms with Crippen LogP contribution in [0.3, 0.4) is 0 Å². The smallest absolute Gasteiger partial charge is 0.276 e. The normalized spacial score (nSPS) is 13.6. The van der Waals surface area contributed by atoms with Crippen LogP contribution in [-0.2, 0) is 0 Å². The minimum atomic E-state index is -1.07. The van der Waals surface area contributed by atoms with Gasteiger partial charge in [-0.25, -0.2) is 13.5 Å². The van der Waals surface area contributed by atoms with Crippen molar-refractivity contribution in [2.24, 2.45) is 0 Å². The maximum absolute atomic E-state index is 13.5. The second kappa shape index (κ2) is 6.38. The van der Waals surface area contributed by atoms with E-state index in [9.17, 15) is 18.4 Å². The Hall–Kier alpha value is -2.77. The van der Waals surface area contributed by atoms with Crippen molar-refractivity contribution in [3.8, 4) is 11.6 Å². The van der Waals surface area contributed by atoms with Gasteiger partial charge in [0.1, 0.15) is 0 Å². The van der Waals surface area contributed by atoms with Crippen LogP contribution in [0, 0.1) is 11.6 Å². The molecule has 1 aromatic heterocycles. The molecule has 0 aliphatic heterocycles. The fraction of sp³-hybridized carbons (Fsp3) is 0.312. The monoisotopic (exact) mass is 335 g/mol. The van der Waals surface area contributed by atoms with E-state index >= 15 is 0 Å². The van der Waals surface area contributed by atoms with Crippen LogP contribution < -0.4 is 15.5 Å². The number of nitrogens with one attached hydrogen (secondary N) is 1. The summed E-state index contributed by atoms with van der Waals surface area (Å²) >= 11 is 0. The molecule has 8 heteroatoms. The van der Waals surface area contributed by atoms with Gasteiger partial charge in [-0.1, -0.05) is 0 Å². The summed E-state index contributed by atoms with van der Waals surface area (Å²) in [5.41, 5.74) is -0.789. The van der Waals surface area contributed by atoms with Crippen LogP contribution in [0.25, 0.3) is 5.69 Å². The Morgan fingerprint density at radius 2 is 2.08 bits per heavy atom. The predicted octanol–water partition coefficient (Wildman–Crippen LogP) is 1.80. The van der Waals surface area contributed by atoms with Crippen molar-refractivity contribution in [1.82, 2.24) is 15.1 Å². The Balaban J connectivity index is 2.08. The van der Waals surface area contributed by atoms with Crippen molar-refractivity contribution in [1.29, 1.82) is 0 Å². The highest BCUT2D eigenvalue weighted by Crippen LogP contribution is 2.20. The van der Waals surface area contributed by atoms with Crippen LogP contribution >= 0.6 is 0 Å². The van der Waals surface area contributed by atoms with E-state index in [0.717, 1.165) is 35.7 Å². The third-order valence-electron chi connectivity index (χ3n) is 3.46. The molecular formula is C16H15F2N3O3. The number of carbonyl (C=O) groups is 1. The largest absolute Gasteiger partial charge is 0.478 e. The van der Waals surface area contributed by atoms with Gasteiger partial charge in [0.05, 0.1) is 18.4 Å². The highest BCUT2D eigenvalue weighted by atomic mass is 19.2. The average molecular weight is 335 g/mol. The first-order valence-electron chi connectivity index (χ1n) is 7.53. The molecule has 24 heavy (non-hydrogen) atoms. The molecule has 1 fully saturated rings. The van der Waals surface area contributed by atoms with Gasteiger partial charge in [-0.05, 0) is 31.9 Å². The fourth-order valence-electron chi connectivity index (χ4n) is 2.13. The molecule has 126 valence electrons. The maximum Gasteiger partial charge on any atom is 0.276 e. The Labute approximate surface area is 136 Å². The minimum Gasteiger partial charge on any atom is -0.478 e. The summed E-state index contributed by atoms with van der Waals surface area (Å²) in [7, 11) is 0. The van der Waals surface area contributed by atoms with Gasteiger partial charge in [0.2, 0.25) is 11.3 Å². The lowest BCUT2D eigenvalue weighted by Gasteiger charge is -2.14. The lowest BCUT2D eigenvalue weighted by molar-refractivity contribution is 0.0942. The van der Waals surface area contributed by atoms with Gasteiger partial charge in [-0.3, -0.25) is 9.59 Å². The van der Waals surface area contributed by atoms with Crippen molar-refractivity contribution < 1.29 is 18.3 Å². The zero-order valence-electron chi connectivity index (χ0n) is 12.9. The van der Waals surface area contributed by atoms with Gasteiger partial charge in [-0.15, -0.1) is 0 Å². The van der Waals surface area contributed by atoms with Crippen molar-refractivity contribution in [2.45, 2.75) is 25.8 Å². The van der Waals surface area contributed by atoms with Gasteiger partial charge in [0.25, 0.3) is 5.91 Å². The molecule has 1 heterocycles. The van der Waals surface area contributed by atoms with Crippen molar-refractivity contribution >= 4 is 5.91 Å². The summed E-state index contributed by atoms with van der Waals surface area (Å²) in [5, 5.41) is 6.66. The number of aromatic nitrogens is 2. The van der Waals surface area contributed by atoms with Crippen LogP contribution in [0.4, 0.5) is 8.78 Å². The molecular weight excluding hydrogens is 320 g/mol. The molecule has 1 amide bonds. The molecule has 1 saturated carbocycles. The van der Waals surface area contributed by atoms with Crippen LogP contribution in [0.15, 0.2) is 29.1 Å². The zero-order valence-corrected chi connectivity index (χ0v) is 12.9. The molecule has 6 nitrogen and oxygen atoms in total. The third-order valence-corrected chi connectivity index (χ3v) is 3.46. The molecule has 0 saturated heterocycles. The molecule has 0 radical (unpaired) electrons. The molecule has 1 N–H and O–H groups in total. The summed E-state index contributed by atoms with van der Waals surface area (Å²) in [6, 6.07) is 4.30. The number of hydrogen-bond donors (Lipinski definition) is 1. The van der Waals surface area contributed by atoms with Crippen molar-refractivity contribution in [3.63, 3.8) is 0 Å². The third kappa shape index (κ3) is 3.27. The Bertz CT molecular complexity index is 847. The molecule has 2 aromatic rings. The Morgan fingerprint density at radius 3 is 2.71 bits per heavy atom. The number of ether oxygens (including phenoxy) is 1. The molecule has 1 aliphatic carbocycles. The molecule has 1 aliphatic rings. The Morgan fingerprint density at radius 1 is 1.33 bits per heavy atom. The lowest BCUT2D eigenvalue weighted by atomic mass is 10.3. The number of benzene rings is 1. The fourth-order valence-corrected chi connectivity index (χ4v) is 2.13. The van der Waals surface area contributed by atoms with Gasteiger partial charge in [-0.2, -0.15) is 5.10 Å². The maximum atomic E-state index is 13.5. The number of carbonyl (C=O) groups excluding carboxylic acids is 1.